The third kappa shape index (κ3) is 5.68. The Balaban J connectivity index is 1.94. The molecule has 0 aliphatic heterocycles. The van der Waals surface area contributed by atoms with Crippen LogP contribution in [0.15, 0.2) is 39.9 Å². The Morgan fingerprint density at radius 1 is 1.16 bits per heavy atom. The van der Waals surface area contributed by atoms with Crippen molar-refractivity contribution in [3.05, 3.63) is 56.7 Å². The Kier molecular flexibility index (Phi) is 7.90. The van der Waals surface area contributed by atoms with Crippen LogP contribution in [-0.4, -0.2) is 46.5 Å². The molecule has 0 spiro atoms. The monoisotopic (exact) mass is 441 g/mol. The molecule has 0 saturated heterocycles. The van der Waals surface area contributed by atoms with E-state index in [4.69, 9.17) is 5.73 Å². The summed E-state index contributed by atoms with van der Waals surface area (Å²) in [5.41, 5.74) is 6.06. The number of anilines is 2. The molecule has 1 saturated carbocycles. The van der Waals surface area contributed by atoms with Gasteiger partial charge in [0.2, 0.25) is 5.91 Å². The van der Waals surface area contributed by atoms with E-state index in [0.29, 0.717) is 12.6 Å². The maximum atomic E-state index is 13.4. The molecule has 1 aliphatic carbocycles. The van der Waals surface area contributed by atoms with E-state index in [1.807, 2.05) is 51.2 Å². The fraction of sp³-hybridized carbons (Fsp3) is 0.542. The molecule has 1 aliphatic rings. The summed E-state index contributed by atoms with van der Waals surface area (Å²) in [5.74, 6) is -0.0574. The smallest absolute Gasteiger partial charge is 0.330 e. The second kappa shape index (κ2) is 10.6. The number of benzene rings is 1. The zero-order valence-corrected chi connectivity index (χ0v) is 19.3. The number of aromatic amines is 1. The minimum atomic E-state index is -0.633. The van der Waals surface area contributed by atoms with Gasteiger partial charge in [-0.05, 0) is 31.4 Å². The number of rotatable bonds is 8. The Morgan fingerprint density at radius 3 is 2.44 bits per heavy atom. The van der Waals surface area contributed by atoms with Gasteiger partial charge in [0.1, 0.15) is 5.82 Å². The fourth-order valence-electron chi connectivity index (χ4n) is 4.39. The highest BCUT2D eigenvalue weighted by molar-refractivity contribution is 5.96. The number of nitrogens with zero attached hydrogens (tertiary/aromatic N) is 3. The van der Waals surface area contributed by atoms with E-state index < -0.39 is 11.2 Å². The molecule has 8 nitrogen and oxygen atoms in total. The zero-order chi connectivity index (χ0) is 23.3. The number of hydrogen-bond acceptors (Lipinski definition) is 5. The van der Waals surface area contributed by atoms with Gasteiger partial charge in [0.25, 0.3) is 5.56 Å². The number of likely N-dealkylation sites (N-methyl/N-ethyl adjacent to an activating group) is 1. The molecule has 1 amide bonds. The number of nitrogen functional groups attached to an aromatic ring is 1. The van der Waals surface area contributed by atoms with Crippen molar-refractivity contribution in [2.45, 2.75) is 58.5 Å². The van der Waals surface area contributed by atoms with Crippen LogP contribution in [0.25, 0.3) is 0 Å². The van der Waals surface area contributed by atoms with Gasteiger partial charge in [0, 0.05) is 12.6 Å². The average molecular weight is 442 g/mol. The van der Waals surface area contributed by atoms with Crippen molar-refractivity contribution in [1.82, 2.24) is 14.5 Å². The zero-order valence-electron chi connectivity index (χ0n) is 19.3. The summed E-state index contributed by atoms with van der Waals surface area (Å²) < 4.78 is 1.32. The second-order valence-corrected chi connectivity index (χ2v) is 9.17. The van der Waals surface area contributed by atoms with Crippen LogP contribution in [0, 0.1) is 5.92 Å². The van der Waals surface area contributed by atoms with Crippen LogP contribution in [-0.2, 0) is 11.3 Å². The molecular formula is C24H35N5O3. The van der Waals surface area contributed by atoms with Gasteiger partial charge in [-0.2, -0.15) is 0 Å². The molecule has 32 heavy (non-hydrogen) atoms. The van der Waals surface area contributed by atoms with Gasteiger partial charge in [-0.1, -0.05) is 63.4 Å². The van der Waals surface area contributed by atoms with E-state index in [2.05, 4.69) is 9.88 Å². The number of nitrogens with one attached hydrogen (secondary N) is 1. The third-order valence-corrected chi connectivity index (χ3v) is 6.10. The van der Waals surface area contributed by atoms with Gasteiger partial charge in [-0.15, -0.1) is 0 Å². The van der Waals surface area contributed by atoms with E-state index in [-0.39, 0.29) is 36.4 Å². The lowest BCUT2D eigenvalue weighted by molar-refractivity contribution is -0.120. The number of aromatic nitrogens is 2. The maximum absolute atomic E-state index is 13.4. The van der Waals surface area contributed by atoms with Crippen molar-refractivity contribution in [3.63, 3.8) is 0 Å². The van der Waals surface area contributed by atoms with E-state index in [1.54, 1.807) is 0 Å². The number of nitrogens with two attached hydrogens (primary N) is 1. The van der Waals surface area contributed by atoms with Crippen molar-refractivity contribution < 1.29 is 4.79 Å². The summed E-state index contributed by atoms with van der Waals surface area (Å²) >= 11 is 0. The van der Waals surface area contributed by atoms with Crippen LogP contribution < -0.4 is 21.9 Å². The predicted molar refractivity (Wildman–Crippen MR) is 128 cm³/mol. The summed E-state index contributed by atoms with van der Waals surface area (Å²) in [6.45, 7) is 4.72. The van der Waals surface area contributed by atoms with Crippen molar-refractivity contribution in [3.8, 4) is 0 Å². The quantitative estimate of drug-likeness (QED) is 0.655. The SMILES string of the molecule is CC(C)CN(C(=O)CN(C)C1CCCCC1)c1c(N)n(Cc2ccccc2)c(=O)[nH]c1=O. The highest BCUT2D eigenvalue weighted by Crippen LogP contribution is 2.23. The van der Waals surface area contributed by atoms with E-state index in [0.717, 1.165) is 18.4 Å². The lowest BCUT2D eigenvalue weighted by atomic mass is 9.94. The Morgan fingerprint density at radius 2 is 1.81 bits per heavy atom. The highest BCUT2D eigenvalue weighted by Gasteiger charge is 2.28. The van der Waals surface area contributed by atoms with Crippen LogP contribution >= 0.6 is 0 Å². The number of hydrogen-bond donors (Lipinski definition) is 2. The van der Waals surface area contributed by atoms with Gasteiger partial charge >= 0.3 is 5.69 Å². The molecule has 3 rings (SSSR count). The number of H-pyrrole nitrogens is 1. The van der Waals surface area contributed by atoms with Crippen molar-refractivity contribution >= 4 is 17.4 Å². The van der Waals surface area contributed by atoms with Gasteiger partial charge in [0.15, 0.2) is 5.69 Å². The molecule has 1 aromatic heterocycles. The lowest BCUT2D eigenvalue weighted by Crippen LogP contribution is -2.47. The molecule has 3 N–H and O–H groups in total. The first-order valence-corrected chi connectivity index (χ1v) is 11.4. The highest BCUT2D eigenvalue weighted by atomic mass is 16.2. The minimum Gasteiger partial charge on any atom is -0.383 e. The summed E-state index contributed by atoms with van der Waals surface area (Å²) in [4.78, 5) is 44.6. The first-order chi connectivity index (χ1) is 15.3. The molecular weight excluding hydrogens is 406 g/mol. The fourth-order valence-corrected chi connectivity index (χ4v) is 4.39. The standard InChI is InChI=1S/C24H35N5O3/c1-17(2)14-28(20(30)16-27(3)19-12-8-5-9-13-19)21-22(25)29(24(32)26-23(21)31)15-18-10-6-4-7-11-18/h4,6-7,10-11,17,19H,5,8-9,12-16,25H2,1-3H3,(H,26,31,32). The number of amides is 1. The topological polar surface area (TPSA) is 104 Å². The van der Waals surface area contributed by atoms with Crippen LogP contribution in [0.5, 0.6) is 0 Å². The van der Waals surface area contributed by atoms with E-state index in [1.165, 1.54) is 28.7 Å². The molecule has 0 bridgehead atoms. The molecule has 1 fully saturated rings. The van der Waals surface area contributed by atoms with Gasteiger partial charge in [-0.25, -0.2) is 4.79 Å². The van der Waals surface area contributed by atoms with E-state index >= 15 is 0 Å². The molecule has 1 aromatic carbocycles. The van der Waals surface area contributed by atoms with Crippen LogP contribution in [0.2, 0.25) is 0 Å². The molecule has 0 atom stereocenters. The van der Waals surface area contributed by atoms with Crippen LogP contribution in [0.4, 0.5) is 11.5 Å². The molecule has 2 aromatic rings. The normalized spacial score (nSPS) is 14.8. The summed E-state index contributed by atoms with van der Waals surface area (Å²) in [6, 6.07) is 9.77. The van der Waals surface area contributed by atoms with Gasteiger partial charge in [-0.3, -0.25) is 24.0 Å². The number of carbonyl (C=O) groups is 1. The molecule has 8 heteroatoms. The molecule has 1 heterocycles. The Hall–Kier alpha value is -2.87. The maximum Gasteiger partial charge on any atom is 0.330 e. The molecule has 174 valence electrons. The van der Waals surface area contributed by atoms with Crippen molar-refractivity contribution in [2.24, 2.45) is 5.92 Å². The lowest BCUT2D eigenvalue weighted by Gasteiger charge is -2.33. The third-order valence-electron chi connectivity index (χ3n) is 6.10. The summed E-state index contributed by atoms with van der Waals surface area (Å²) in [6.07, 6.45) is 5.76. The first kappa shape index (κ1) is 23.8. The summed E-state index contributed by atoms with van der Waals surface area (Å²) in [7, 11) is 1.96. The Bertz CT molecular complexity index is 1020. The van der Waals surface area contributed by atoms with Gasteiger partial charge in [0.05, 0.1) is 13.1 Å². The van der Waals surface area contributed by atoms with Crippen LogP contribution in [0.1, 0.15) is 51.5 Å². The average Bonchev–Trinajstić information content (AvgIpc) is 2.76. The van der Waals surface area contributed by atoms with Crippen LogP contribution in [0.3, 0.4) is 0 Å². The molecule has 0 unspecified atom stereocenters. The predicted octanol–water partition coefficient (Wildman–Crippen LogP) is 2.42. The minimum absolute atomic E-state index is 0.0110. The first-order valence-electron chi connectivity index (χ1n) is 11.4. The number of carbonyl (C=O) groups excluding carboxylic acids is 1. The summed E-state index contributed by atoms with van der Waals surface area (Å²) in [5, 5.41) is 0. The van der Waals surface area contributed by atoms with E-state index in [9.17, 15) is 14.4 Å². The van der Waals surface area contributed by atoms with Gasteiger partial charge < -0.3 is 10.6 Å². The van der Waals surface area contributed by atoms with Crippen molar-refractivity contribution in [2.75, 3.05) is 30.8 Å². The Labute approximate surface area is 189 Å². The largest absolute Gasteiger partial charge is 0.383 e. The van der Waals surface area contributed by atoms with Crippen molar-refractivity contribution in [1.29, 1.82) is 0 Å². The second-order valence-electron chi connectivity index (χ2n) is 9.17. The molecule has 0 radical (unpaired) electrons.